The molecule has 0 fully saturated rings. The minimum absolute atomic E-state index is 0.110. The molecule has 1 aromatic carbocycles. The topological polar surface area (TPSA) is 46.5 Å². The van der Waals surface area contributed by atoms with Gasteiger partial charge in [0.25, 0.3) is 0 Å². The molecule has 0 aliphatic rings. The molecule has 0 saturated carbocycles. The summed E-state index contributed by atoms with van der Waals surface area (Å²) in [5.41, 5.74) is 1.31. The Morgan fingerprint density at radius 3 is 2.86 bits per heavy atom. The molecule has 1 rings (SSSR count). The Bertz CT molecular complexity index is 320. The number of carboxylic acids is 1. The van der Waals surface area contributed by atoms with E-state index in [-0.39, 0.29) is 6.10 Å². The number of hydrogen-bond donors (Lipinski definition) is 1. The van der Waals surface area contributed by atoms with Crippen LogP contribution in [-0.2, 0) is 11.2 Å². The maximum absolute atomic E-state index is 10.7. The Morgan fingerprint density at radius 1 is 1.57 bits per heavy atom. The number of ether oxygens (including phenoxy) is 1. The quantitative estimate of drug-likeness (QED) is 0.797. The average molecular weight is 194 g/mol. The molecular formula is C11H14O3. The monoisotopic (exact) mass is 194 g/mol. The van der Waals surface area contributed by atoms with Gasteiger partial charge in [0.1, 0.15) is 0 Å². The van der Waals surface area contributed by atoms with Gasteiger partial charge < -0.3 is 9.84 Å². The zero-order chi connectivity index (χ0) is 10.6. The molecule has 1 atom stereocenters. The van der Waals surface area contributed by atoms with E-state index in [0.29, 0.717) is 5.56 Å². The fraction of sp³-hybridized carbons (Fsp3) is 0.364. The molecular weight excluding hydrogens is 180 g/mol. The van der Waals surface area contributed by atoms with Crippen molar-refractivity contribution in [2.45, 2.75) is 19.4 Å². The molecule has 0 spiro atoms. The maximum atomic E-state index is 10.7. The predicted molar refractivity (Wildman–Crippen MR) is 53.6 cm³/mol. The van der Waals surface area contributed by atoms with Gasteiger partial charge in [0.2, 0.25) is 0 Å². The van der Waals surface area contributed by atoms with E-state index in [1.165, 1.54) is 0 Å². The van der Waals surface area contributed by atoms with Crippen LogP contribution >= 0.6 is 0 Å². The molecule has 1 aromatic rings. The van der Waals surface area contributed by atoms with Crippen LogP contribution in [0.3, 0.4) is 0 Å². The summed E-state index contributed by atoms with van der Waals surface area (Å²) in [6, 6.07) is 6.92. The lowest BCUT2D eigenvalue weighted by atomic mass is 10.1. The van der Waals surface area contributed by atoms with Crippen LogP contribution in [0.5, 0.6) is 0 Å². The first kappa shape index (κ1) is 10.7. The van der Waals surface area contributed by atoms with E-state index in [4.69, 9.17) is 9.84 Å². The van der Waals surface area contributed by atoms with Gasteiger partial charge in [-0.05, 0) is 31.0 Å². The van der Waals surface area contributed by atoms with Crippen LogP contribution < -0.4 is 0 Å². The van der Waals surface area contributed by atoms with Gasteiger partial charge in [0.15, 0.2) is 0 Å². The summed E-state index contributed by atoms with van der Waals surface area (Å²) >= 11 is 0. The minimum atomic E-state index is -0.892. The molecule has 1 unspecified atom stereocenters. The lowest BCUT2D eigenvalue weighted by molar-refractivity contribution is 0.0696. The van der Waals surface area contributed by atoms with Gasteiger partial charge in [-0.3, -0.25) is 0 Å². The van der Waals surface area contributed by atoms with Crippen molar-refractivity contribution in [2.24, 2.45) is 0 Å². The van der Waals surface area contributed by atoms with Gasteiger partial charge in [-0.25, -0.2) is 4.79 Å². The van der Waals surface area contributed by atoms with E-state index in [9.17, 15) is 4.79 Å². The summed E-state index contributed by atoms with van der Waals surface area (Å²) in [5, 5.41) is 8.77. The number of carboxylic acid groups (broad SMARTS) is 1. The number of aromatic carboxylic acids is 1. The second kappa shape index (κ2) is 4.77. The molecule has 0 amide bonds. The van der Waals surface area contributed by atoms with Crippen molar-refractivity contribution >= 4 is 5.97 Å². The number of methoxy groups -OCH3 is 1. The van der Waals surface area contributed by atoms with Gasteiger partial charge in [0.05, 0.1) is 11.7 Å². The van der Waals surface area contributed by atoms with Gasteiger partial charge in [0, 0.05) is 7.11 Å². The van der Waals surface area contributed by atoms with Crippen molar-refractivity contribution in [3.8, 4) is 0 Å². The fourth-order valence-electron chi connectivity index (χ4n) is 1.25. The molecule has 14 heavy (non-hydrogen) atoms. The molecule has 0 saturated heterocycles. The highest BCUT2D eigenvalue weighted by atomic mass is 16.5. The molecule has 0 aromatic heterocycles. The molecule has 0 aliphatic carbocycles. The van der Waals surface area contributed by atoms with E-state index in [1.54, 1.807) is 25.3 Å². The molecule has 0 heterocycles. The zero-order valence-corrected chi connectivity index (χ0v) is 8.36. The van der Waals surface area contributed by atoms with E-state index >= 15 is 0 Å². The van der Waals surface area contributed by atoms with Gasteiger partial charge >= 0.3 is 5.97 Å². The Hall–Kier alpha value is -1.35. The molecule has 3 nitrogen and oxygen atoms in total. The predicted octanol–water partition coefficient (Wildman–Crippen LogP) is 1.96. The molecule has 76 valence electrons. The highest BCUT2D eigenvalue weighted by Crippen LogP contribution is 2.08. The Morgan fingerprint density at radius 2 is 2.29 bits per heavy atom. The number of hydrogen-bond acceptors (Lipinski definition) is 2. The fourth-order valence-corrected chi connectivity index (χ4v) is 1.25. The summed E-state index contributed by atoms with van der Waals surface area (Å²) in [4.78, 5) is 10.7. The highest BCUT2D eigenvalue weighted by molar-refractivity contribution is 5.87. The third kappa shape index (κ3) is 2.85. The van der Waals surface area contributed by atoms with Gasteiger partial charge in [-0.2, -0.15) is 0 Å². The van der Waals surface area contributed by atoms with Crippen LogP contribution in [0.15, 0.2) is 24.3 Å². The van der Waals surface area contributed by atoms with Crippen molar-refractivity contribution < 1.29 is 14.6 Å². The lowest BCUT2D eigenvalue weighted by Crippen LogP contribution is -2.09. The Balaban J connectivity index is 2.78. The largest absolute Gasteiger partial charge is 0.478 e. The van der Waals surface area contributed by atoms with Crippen molar-refractivity contribution in [2.75, 3.05) is 7.11 Å². The smallest absolute Gasteiger partial charge is 0.335 e. The lowest BCUT2D eigenvalue weighted by Gasteiger charge is -2.09. The second-order valence-corrected chi connectivity index (χ2v) is 3.26. The van der Waals surface area contributed by atoms with Crippen molar-refractivity contribution in [3.05, 3.63) is 35.4 Å². The summed E-state index contributed by atoms with van der Waals surface area (Å²) in [7, 11) is 1.64. The SMILES string of the molecule is COC(C)Cc1cccc(C(=O)O)c1. The summed E-state index contributed by atoms with van der Waals surface area (Å²) in [5.74, 6) is -0.892. The van der Waals surface area contributed by atoms with E-state index in [1.807, 2.05) is 13.0 Å². The van der Waals surface area contributed by atoms with Crippen molar-refractivity contribution in [1.29, 1.82) is 0 Å². The third-order valence-electron chi connectivity index (χ3n) is 2.10. The van der Waals surface area contributed by atoms with Crippen LogP contribution in [0.4, 0.5) is 0 Å². The average Bonchev–Trinajstić information content (AvgIpc) is 2.18. The van der Waals surface area contributed by atoms with E-state index in [0.717, 1.165) is 12.0 Å². The summed E-state index contributed by atoms with van der Waals surface area (Å²) < 4.78 is 5.11. The van der Waals surface area contributed by atoms with Crippen molar-refractivity contribution in [3.63, 3.8) is 0 Å². The molecule has 3 heteroatoms. The van der Waals surface area contributed by atoms with Crippen LogP contribution in [0.2, 0.25) is 0 Å². The summed E-state index contributed by atoms with van der Waals surface area (Å²) in [6.45, 7) is 1.95. The Labute approximate surface area is 83.3 Å². The van der Waals surface area contributed by atoms with Gasteiger partial charge in [-0.1, -0.05) is 12.1 Å². The normalized spacial score (nSPS) is 12.4. The van der Waals surface area contributed by atoms with Crippen LogP contribution in [0, 0.1) is 0 Å². The van der Waals surface area contributed by atoms with Crippen LogP contribution in [0.25, 0.3) is 0 Å². The maximum Gasteiger partial charge on any atom is 0.335 e. The standard InChI is InChI=1S/C11H14O3/c1-8(14-2)6-9-4-3-5-10(7-9)11(12)13/h3-5,7-8H,6H2,1-2H3,(H,12,13). The van der Waals surface area contributed by atoms with Crippen molar-refractivity contribution in [1.82, 2.24) is 0 Å². The van der Waals surface area contributed by atoms with E-state index in [2.05, 4.69) is 0 Å². The molecule has 0 bridgehead atoms. The molecule has 1 N–H and O–H groups in total. The first-order valence-corrected chi connectivity index (χ1v) is 4.48. The number of rotatable bonds is 4. The molecule has 0 radical (unpaired) electrons. The highest BCUT2D eigenvalue weighted by Gasteiger charge is 2.05. The number of carbonyl (C=O) groups is 1. The third-order valence-corrected chi connectivity index (χ3v) is 2.10. The summed E-state index contributed by atoms with van der Waals surface area (Å²) in [6.07, 6.45) is 0.844. The minimum Gasteiger partial charge on any atom is -0.478 e. The zero-order valence-electron chi connectivity index (χ0n) is 8.36. The second-order valence-electron chi connectivity index (χ2n) is 3.26. The van der Waals surface area contributed by atoms with Crippen LogP contribution in [-0.4, -0.2) is 24.3 Å². The van der Waals surface area contributed by atoms with Gasteiger partial charge in [-0.15, -0.1) is 0 Å². The molecule has 0 aliphatic heterocycles. The first-order valence-electron chi connectivity index (χ1n) is 4.48. The Kier molecular flexibility index (Phi) is 3.65. The van der Waals surface area contributed by atoms with E-state index < -0.39 is 5.97 Å². The first-order chi connectivity index (χ1) is 6.63. The number of benzene rings is 1. The van der Waals surface area contributed by atoms with Crippen LogP contribution in [0.1, 0.15) is 22.8 Å².